The molecule has 2 saturated heterocycles. The molecule has 16 heavy (non-hydrogen) atoms. The number of aromatic nitrogens is 2. The minimum Gasteiger partial charge on any atom is -0.352 e. The second kappa shape index (κ2) is 3.70. The van der Waals surface area contributed by atoms with Crippen LogP contribution in [0.3, 0.4) is 0 Å². The van der Waals surface area contributed by atoms with Crippen molar-refractivity contribution in [2.24, 2.45) is 11.8 Å². The van der Waals surface area contributed by atoms with Gasteiger partial charge in [-0.25, -0.2) is 0 Å². The number of hydrogen-bond acceptors (Lipinski definition) is 4. The normalized spacial score (nSPS) is 33.1. The summed E-state index contributed by atoms with van der Waals surface area (Å²) in [6, 6.07) is 2.72. The van der Waals surface area contributed by atoms with Crippen molar-refractivity contribution in [1.82, 2.24) is 15.5 Å². The van der Waals surface area contributed by atoms with Crippen LogP contribution in [0.4, 0.5) is 5.82 Å². The Morgan fingerprint density at radius 2 is 2.31 bits per heavy atom. The van der Waals surface area contributed by atoms with Crippen LogP contribution in [0.2, 0.25) is 0 Å². The Hall–Kier alpha value is -1.16. The molecule has 4 heteroatoms. The van der Waals surface area contributed by atoms with Crippen LogP contribution in [0, 0.1) is 18.8 Å². The Balaban J connectivity index is 1.86. The van der Waals surface area contributed by atoms with E-state index in [4.69, 9.17) is 0 Å². The summed E-state index contributed by atoms with van der Waals surface area (Å²) in [4.78, 5) is 2.41. The number of hydrogen-bond donors (Lipinski definition) is 1. The predicted octanol–water partition coefficient (Wildman–Crippen LogP) is 0.829. The Bertz CT molecular complexity index is 392. The van der Waals surface area contributed by atoms with E-state index in [1.807, 2.05) is 6.20 Å². The molecule has 0 radical (unpaired) electrons. The van der Waals surface area contributed by atoms with Crippen molar-refractivity contribution in [3.63, 3.8) is 0 Å². The minimum absolute atomic E-state index is 0.580. The van der Waals surface area contributed by atoms with Crippen molar-refractivity contribution >= 4 is 5.82 Å². The van der Waals surface area contributed by atoms with Gasteiger partial charge in [-0.05, 0) is 37.3 Å². The molecule has 0 amide bonds. The van der Waals surface area contributed by atoms with Gasteiger partial charge in [0.25, 0.3) is 0 Å². The molecular formula is C12H18N4. The summed E-state index contributed by atoms with van der Waals surface area (Å²) in [5.74, 6) is 2.61. The smallest absolute Gasteiger partial charge is 0.151 e. The Kier molecular flexibility index (Phi) is 2.32. The van der Waals surface area contributed by atoms with Gasteiger partial charge in [0, 0.05) is 25.7 Å². The average molecular weight is 218 g/mol. The first kappa shape index (κ1) is 10.0. The van der Waals surface area contributed by atoms with Crippen LogP contribution in [0.25, 0.3) is 0 Å². The van der Waals surface area contributed by atoms with E-state index in [1.54, 1.807) is 0 Å². The largest absolute Gasteiger partial charge is 0.352 e. The fraction of sp³-hybridized carbons (Fsp3) is 0.667. The van der Waals surface area contributed by atoms with Crippen LogP contribution < -0.4 is 10.2 Å². The molecule has 2 aliphatic rings. The lowest BCUT2D eigenvalue weighted by Crippen LogP contribution is -2.33. The summed E-state index contributed by atoms with van der Waals surface area (Å²) in [6.07, 6.45) is 1.81. The molecular weight excluding hydrogens is 200 g/mol. The molecule has 0 spiro atoms. The quantitative estimate of drug-likeness (QED) is 0.758. The summed E-state index contributed by atoms with van der Waals surface area (Å²) < 4.78 is 0. The van der Waals surface area contributed by atoms with E-state index in [0.717, 1.165) is 37.3 Å². The minimum atomic E-state index is 0.580. The Labute approximate surface area is 96.1 Å². The fourth-order valence-corrected chi connectivity index (χ4v) is 3.06. The maximum Gasteiger partial charge on any atom is 0.151 e. The molecule has 1 aromatic heterocycles. The van der Waals surface area contributed by atoms with Crippen LogP contribution in [-0.4, -0.2) is 35.9 Å². The van der Waals surface area contributed by atoms with Crippen molar-refractivity contribution in [2.45, 2.75) is 19.9 Å². The van der Waals surface area contributed by atoms with Crippen molar-refractivity contribution in [3.05, 3.63) is 17.8 Å². The van der Waals surface area contributed by atoms with Gasteiger partial charge >= 0.3 is 0 Å². The van der Waals surface area contributed by atoms with Crippen LogP contribution in [0.5, 0.6) is 0 Å². The molecule has 1 N–H and O–H groups in total. The van der Waals surface area contributed by atoms with Crippen LogP contribution in [0.1, 0.15) is 12.5 Å². The average Bonchev–Trinajstić information content (AvgIpc) is 2.82. The number of nitrogens with zero attached hydrogens (tertiary/aromatic N) is 3. The van der Waals surface area contributed by atoms with Gasteiger partial charge in [0.2, 0.25) is 0 Å². The molecule has 1 aromatic rings. The van der Waals surface area contributed by atoms with E-state index >= 15 is 0 Å². The second-order valence-electron chi connectivity index (χ2n) is 5.07. The van der Waals surface area contributed by atoms with Gasteiger partial charge in [0.05, 0.1) is 6.20 Å². The van der Waals surface area contributed by atoms with E-state index in [1.165, 1.54) is 5.56 Å². The third kappa shape index (κ3) is 1.48. The zero-order valence-electron chi connectivity index (χ0n) is 9.85. The molecule has 0 aromatic carbocycles. The van der Waals surface area contributed by atoms with E-state index in [2.05, 4.69) is 40.3 Å². The van der Waals surface area contributed by atoms with Crippen LogP contribution in [-0.2, 0) is 0 Å². The van der Waals surface area contributed by atoms with Gasteiger partial charge in [-0.15, -0.1) is 5.10 Å². The molecule has 3 rings (SSSR count). The van der Waals surface area contributed by atoms with Gasteiger partial charge < -0.3 is 10.2 Å². The molecule has 3 unspecified atom stereocenters. The van der Waals surface area contributed by atoms with Crippen molar-refractivity contribution in [1.29, 1.82) is 0 Å². The van der Waals surface area contributed by atoms with Crippen LogP contribution >= 0.6 is 0 Å². The van der Waals surface area contributed by atoms with Gasteiger partial charge in [-0.3, -0.25) is 0 Å². The topological polar surface area (TPSA) is 41.1 Å². The number of rotatable bonds is 1. The summed E-state index contributed by atoms with van der Waals surface area (Å²) in [5.41, 5.74) is 1.19. The third-order valence-electron chi connectivity index (χ3n) is 4.01. The van der Waals surface area contributed by atoms with Gasteiger partial charge in [0.1, 0.15) is 0 Å². The summed E-state index contributed by atoms with van der Waals surface area (Å²) >= 11 is 0. The van der Waals surface area contributed by atoms with E-state index in [9.17, 15) is 0 Å². The lowest BCUT2D eigenvalue weighted by molar-refractivity contribution is 0.471. The monoisotopic (exact) mass is 218 g/mol. The number of fused-ring (bicyclic) bond motifs is 1. The van der Waals surface area contributed by atoms with Gasteiger partial charge in [0.15, 0.2) is 5.82 Å². The molecule has 4 nitrogen and oxygen atoms in total. The maximum atomic E-state index is 4.25. The van der Waals surface area contributed by atoms with E-state index in [0.29, 0.717) is 6.04 Å². The third-order valence-corrected chi connectivity index (χ3v) is 4.01. The lowest BCUT2D eigenvalue weighted by atomic mass is 9.95. The Morgan fingerprint density at radius 1 is 1.44 bits per heavy atom. The number of aryl methyl sites for hydroxylation is 1. The molecule has 3 heterocycles. The van der Waals surface area contributed by atoms with Gasteiger partial charge in [-0.2, -0.15) is 5.10 Å². The van der Waals surface area contributed by atoms with Gasteiger partial charge in [-0.1, -0.05) is 0 Å². The highest BCUT2D eigenvalue weighted by Crippen LogP contribution is 2.34. The summed E-state index contributed by atoms with van der Waals surface area (Å²) in [7, 11) is 0. The SMILES string of the molecule is Cc1cnnc(N2CC3CNCC3C2C)c1. The molecule has 3 atom stereocenters. The molecule has 0 bridgehead atoms. The van der Waals surface area contributed by atoms with Crippen molar-refractivity contribution in [3.8, 4) is 0 Å². The first-order valence-corrected chi connectivity index (χ1v) is 6.02. The molecule has 0 saturated carbocycles. The van der Waals surface area contributed by atoms with E-state index < -0.39 is 0 Å². The van der Waals surface area contributed by atoms with Crippen LogP contribution in [0.15, 0.2) is 12.3 Å². The maximum absolute atomic E-state index is 4.25. The molecule has 2 aliphatic heterocycles. The predicted molar refractivity (Wildman–Crippen MR) is 63.4 cm³/mol. The van der Waals surface area contributed by atoms with E-state index in [-0.39, 0.29) is 0 Å². The van der Waals surface area contributed by atoms with Crippen molar-refractivity contribution in [2.75, 3.05) is 24.5 Å². The summed E-state index contributed by atoms with van der Waals surface area (Å²) in [5, 5.41) is 11.8. The standard InChI is InChI=1S/C12H18N4/c1-8-3-12(15-14-4-8)16-7-10-5-13-6-11(10)9(16)2/h3-4,9-11,13H,5-7H2,1-2H3. The zero-order chi connectivity index (χ0) is 11.1. The first-order chi connectivity index (χ1) is 7.75. The highest BCUT2D eigenvalue weighted by Gasteiger charge is 2.42. The highest BCUT2D eigenvalue weighted by molar-refractivity contribution is 5.42. The molecule has 0 aliphatic carbocycles. The van der Waals surface area contributed by atoms with Crippen molar-refractivity contribution < 1.29 is 0 Å². The number of nitrogens with one attached hydrogen (secondary N) is 1. The Morgan fingerprint density at radius 3 is 3.06 bits per heavy atom. The lowest BCUT2D eigenvalue weighted by Gasteiger charge is -2.25. The highest BCUT2D eigenvalue weighted by atomic mass is 15.3. The molecule has 2 fully saturated rings. The fourth-order valence-electron chi connectivity index (χ4n) is 3.06. The number of anilines is 1. The molecule has 86 valence electrons. The second-order valence-corrected chi connectivity index (χ2v) is 5.07. The summed E-state index contributed by atoms with van der Waals surface area (Å²) in [6.45, 7) is 7.81. The zero-order valence-corrected chi connectivity index (χ0v) is 9.85. The first-order valence-electron chi connectivity index (χ1n) is 6.02.